The molecule has 5 heteroatoms. The summed E-state index contributed by atoms with van der Waals surface area (Å²) in [6.07, 6.45) is -0.0308. The molecule has 0 spiro atoms. The molecule has 0 aliphatic carbocycles. The zero-order valence-corrected chi connectivity index (χ0v) is 10.7. The van der Waals surface area contributed by atoms with Crippen LogP contribution in [0.25, 0.3) is 0 Å². The van der Waals surface area contributed by atoms with E-state index in [4.69, 9.17) is 4.74 Å². The molecule has 1 unspecified atom stereocenters. The van der Waals surface area contributed by atoms with Crippen molar-refractivity contribution in [1.82, 2.24) is 0 Å². The Morgan fingerprint density at radius 2 is 2.00 bits per heavy atom. The molecule has 94 valence electrons. The summed E-state index contributed by atoms with van der Waals surface area (Å²) in [6, 6.07) is 6.64. The number of Topliss-reactive ketones (excluding diaryl/α,β-unsaturated/α-hetero) is 2. The molecule has 18 heavy (non-hydrogen) atoms. The molecular formula is C13H12O4S. The minimum atomic E-state index is -0.760. The van der Waals surface area contributed by atoms with Crippen molar-refractivity contribution >= 4 is 28.4 Å². The van der Waals surface area contributed by atoms with Crippen LogP contribution < -0.4 is 4.74 Å². The van der Waals surface area contributed by atoms with Gasteiger partial charge in [0.25, 0.3) is 0 Å². The summed E-state index contributed by atoms with van der Waals surface area (Å²) in [7, 11) is 1.55. The van der Waals surface area contributed by atoms with Gasteiger partial charge in [0.1, 0.15) is 5.75 Å². The molecule has 1 heterocycles. The van der Waals surface area contributed by atoms with Crippen molar-refractivity contribution in [3.63, 3.8) is 0 Å². The van der Waals surface area contributed by atoms with Gasteiger partial charge in [-0.05, 0) is 24.3 Å². The third-order valence-electron chi connectivity index (χ3n) is 2.83. The van der Waals surface area contributed by atoms with E-state index in [1.54, 1.807) is 31.4 Å². The summed E-state index contributed by atoms with van der Waals surface area (Å²) in [4.78, 5) is 34.8. The predicted molar refractivity (Wildman–Crippen MR) is 67.9 cm³/mol. The fraction of sp³-hybridized carbons (Fsp3) is 0.308. The first-order valence-electron chi connectivity index (χ1n) is 5.48. The maximum Gasteiger partial charge on any atom is 0.200 e. The van der Waals surface area contributed by atoms with E-state index >= 15 is 0 Å². The zero-order valence-electron chi connectivity index (χ0n) is 9.84. The monoisotopic (exact) mass is 264 g/mol. The quantitative estimate of drug-likeness (QED) is 0.612. The van der Waals surface area contributed by atoms with E-state index in [9.17, 15) is 14.4 Å². The van der Waals surface area contributed by atoms with E-state index in [0.29, 0.717) is 11.3 Å². The smallest absolute Gasteiger partial charge is 0.200 e. The first-order valence-corrected chi connectivity index (χ1v) is 6.47. The van der Waals surface area contributed by atoms with Crippen LogP contribution in [0.15, 0.2) is 24.3 Å². The van der Waals surface area contributed by atoms with Gasteiger partial charge in [0, 0.05) is 12.0 Å². The van der Waals surface area contributed by atoms with Crippen LogP contribution in [0.3, 0.4) is 0 Å². The van der Waals surface area contributed by atoms with Crippen molar-refractivity contribution in [1.29, 1.82) is 0 Å². The number of benzene rings is 1. The standard InChI is InChI=1S/C13H12O4S/c1-17-9-4-2-8(3-5-9)11(14)6-10-12(15)7-18-13(10)16/h2-5,10H,6-7H2,1H3. The maximum atomic E-state index is 11.9. The average Bonchev–Trinajstić information content (AvgIpc) is 2.70. The highest BCUT2D eigenvalue weighted by Gasteiger charge is 2.35. The molecule has 1 atom stereocenters. The number of thioether (sulfide) groups is 1. The number of hydrogen-bond acceptors (Lipinski definition) is 5. The molecule has 0 aromatic heterocycles. The van der Waals surface area contributed by atoms with Crippen molar-refractivity contribution in [2.45, 2.75) is 6.42 Å². The third-order valence-corrected chi connectivity index (χ3v) is 3.83. The number of rotatable bonds is 4. The Balaban J connectivity index is 2.07. The zero-order chi connectivity index (χ0) is 13.1. The molecule has 1 aliphatic heterocycles. The summed E-state index contributed by atoms with van der Waals surface area (Å²) in [5.74, 6) is -0.238. The van der Waals surface area contributed by atoms with Crippen molar-refractivity contribution in [2.24, 2.45) is 5.92 Å². The number of ether oxygens (including phenoxy) is 1. The molecule has 0 N–H and O–H groups in total. The average molecular weight is 264 g/mol. The summed E-state index contributed by atoms with van der Waals surface area (Å²) in [5, 5.41) is -0.193. The molecule has 4 nitrogen and oxygen atoms in total. The lowest BCUT2D eigenvalue weighted by Crippen LogP contribution is -2.19. The van der Waals surface area contributed by atoms with Gasteiger partial charge in [-0.3, -0.25) is 14.4 Å². The number of hydrogen-bond donors (Lipinski definition) is 0. The maximum absolute atomic E-state index is 11.9. The van der Waals surface area contributed by atoms with E-state index in [-0.39, 0.29) is 28.9 Å². The topological polar surface area (TPSA) is 60.4 Å². The molecule has 0 radical (unpaired) electrons. The molecule has 1 aliphatic rings. The van der Waals surface area contributed by atoms with Crippen molar-refractivity contribution in [3.05, 3.63) is 29.8 Å². The van der Waals surface area contributed by atoms with Crippen LogP contribution in [-0.4, -0.2) is 29.5 Å². The first kappa shape index (κ1) is 12.8. The van der Waals surface area contributed by atoms with Crippen molar-refractivity contribution < 1.29 is 19.1 Å². The van der Waals surface area contributed by atoms with Crippen LogP contribution in [0.2, 0.25) is 0 Å². The molecule has 1 aromatic carbocycles. The molecular weight excluding hydrogens is 252 g/mol. The SMILES string of the molecule is COc1ccc(C(=O)CC2C(=O)CSC2=O)cc1. The van der Waals surface area contributed by atoms with Gasteiger partial charge in [-0.25, -0.2) is 0 Å². The summed E-state index contributed by atoms with van der Waals surface area (Å²) in [5.41, 5.74) is 0.494. The summed E-state index contributed by atoms with van der Waals surface area (Å²) >= 11 is 0.996. The van der Waals surface area contributed by atoms with Crippen LogP contribution in [0.5, 0.6) is 5.75 Å². The second kappa shape index (κ2) is 5.35. The summed E-state index contributed by atoms with van der Waals surface area (Å²) in [6.45, 7) is 0. The lowest BCUT2D eigenvalue weighted by molar-refractivity contribution is -0.125. The van der Waals surface area contributed by atoms with Crippen LogP contribution in [0.4, 0.5) is 0 Å². The molecule has 1 fully saturated rings. The largest absolute Gasteiger partial charge is 0.497 e. The Morgan fingerprint density at radius 3 is 2.50 bits per heavy atom. The van der Waals surface area contributed by atoms with Gasteiger partial charge in [-0.1, -0.05) is 11.8 Å². The summed E-state index contributed by atoms with van der Waals surface area (Å²) < 4.78 is 4.99. The number of methoxy groups -OCH3 is 1. The highest BCUT2D eigenvalue weighted by molar-refractivity contribution is 8.15. The Kier molecular flexibility index (Phi) is 3.81. The Bertz CT molecular complexity index is 476. The minimum Gasteiger partial charge on any atom is -0.497 e. The lowest BCUT2D eigenvalue weighted by Gasteiger charge is -2.06. The Labute approximate surface area is 109 Å². The molecule has 1 aromatic rings. The number of carbonyl (C=O) groups excluding carboxylic acids is 3. The lowest BCUT2D eigenvalue weighted by atomic mass is 9.96. The van der Waals surface area contributed by atoms with Gasteiger partial charge in [-0.15, -0.1) is 0 Å². The highest BCUT2D eigenvalue weighted by atomic mass is 32.2. The fourth-order valence-electron chi connectivity index (χ4n) is 1.75. The van der Waals surface area contributed by atoms with Gasteiger partial charge in [0.2, 0.25) is 0 Å². The Morgan fingerprint density at radius 1 is 1.33 bits per heavy atom. The van der Waals surface area contributed by atoms with Gasteiger partial charge in [-0.2, -0.15) is 0 Å². The molecule has 0 saturated carbocycles. The van der Waals surface area contributed by atoms with Crippen LogP contribution in [0.1, 0.15) is 16.8 Å². The molecule has 2 rings (SSSR count). The highest BCUT2D eigenvalue weighted by Crippen LogP contribution is 2.26. The first-order chi connectivity index (χ1) is 8.61. The van der Waals surface area contributed by atoms with E-state index < -0.39 is 5.92 Å². The second-order valence-electron chi connectivity index (χ2n) is 3.98. The second-order valence-corrected chi connectivity index (χ2v) is 4.96. The molecule has 1 saturated heterocycles. The van der Waals surface area contributed by atoms with Crippen LogP contribution in [-0.2, 0) is 9.59 Å². The molecule has 0 amide bonds. The third kappa shape index (κ3) is 2.61. The predicted octanol–water partition coefficient (Wildman–Crippen LogP) is 1.73. The number of carbonyl (C=O) groups is 3. The normalized spacial score (nSPS) is 19.1. The minimum absolute atomic E-state index is 0.0308. The van der Waals surface area contributed by atoms with Gasteiger partial charge >= 0.3 is 0 Å². The van der Waals surface area contributed by atoms with E-state index in [1.165, 1.54) is 0 Å². The Hall–Kier alpha value is -1.62. The van der Waals surface area contributed by atoms with E-state index in [2.05, 4.69) is 0 Å². The van der Waals surface area contributed by atoms with Crippen molar-refractivity contribution in [2.75, 3.05) is 12.9 Å². The molecule has 0 bridgehead atoms. The fourth-order valence-corrected chi connectivity index (χ4v) is 2.65. The van der Waals surface area contributed by atoms with E-state index in [0.717, 1.165) is 11.8 Å². The number of ketones is 2. The van der Waals surface area contributed by atoms with E-state index in [1.807, 2.05) is 0 Å². The van der Waals surface area contributed by atoms with Gasteiger partial charge < -0.3 is 4.74 Å². The van der Waals surface area contributed by atoms with Gasteiger partial charge in [0.05, 0.1) is 18.8 Å². The van der Waals surface area contributed by atoms with Crippen molar-refractivity contribution in [3.8, 4) is 5.75 Å². The van der Waals surface area contributed by atoms with Crippen LogP contribution >= 0.6 is 11.8 Å². The van der Waals surface area contributed by atoms with Gasteiger partial charge in [0.15, 0.2) is 16.7 Å². The van der Waals surface area contributed by atoms with Crippen LogP contribution in [0, 0.1) is 5.92 Å².